The van der Waals surface area contributed by atoms with Crippen LogP contribution >= 0.6 is 28.5 Å². The van der Waals surface area contributed by atoms with E-state index < -0.39 is 0 Å². The Morgan fingerprint density at radius 2 is 1.64 bits per heavy atom. The van der Waals surface area contributed by atoms with Crippen LogP contribution in [0.1, 0.15) is 0 Å². The Morgan fingerprint density at radius 1 is 1.00 bits per heavy atom. The van der Waals surface area contributed by atoms with Gasteiger partial charge in [-0.1, -0.05) is 48.5 Å². The molecule has 0 aliphatic carbocycles. The zero-order valence-electron chi connectivity index (χ0n) is 11.8. The first-order chi connectivity index (χ1) is 10.4. The van der Waals surface area contributed by atoms with E-state index >= 15 is 0 Å². The fourth-order valence-corrected chi connectivity index (χ4v) is 2.90. The summed E-state index contributed by atoms with van der Waals surface area (Å²) in [7, 11) is 0. The lowest BCUT2D eigenvalue weighted by molar-refractivity contribution is 0.305. The monoisotopic (exact) mass is 377 g/mol. The van der Waals surface area contributed by atoms with E-state index in [1.807, 2.05) is 60.7 Å². The third-order valence-electron chi connectivity index (χ3n) is 2.94. The maximum absolute atomic E-state index is 8.91. The van der Waals surface area contributed by atoms with E-state index in [-0.39, 0.29) is 23.6 Å². The Labute approximate surface area is 143 Å². The molecule has 3 rings (SSSR count). The molecule has 0 fully saturated rings. The summed E-state index contributed by atoms with van der Waals surface area (Å²) in [6.07, 6.45) is 0. The second-order valence-corrected chi connectivity index (χ2v) is 5.32. The predicted octanol–water partition coefficient (Wildman–Crippen LogP) is 3.07. The van der Waals surface area contributed by atoms with Gasteiger partial charge in [0.25, 0.3) is 0 Å². The minimum Gasteiger partial charge on any atom is -0.394 e. The molecule has 1 N–H and O–H groups in total. The lowest BCUT2D eigenvalue weighted by Gasteiger charge is -2.05. The molecule has 0 amide bonds. The highest BCUT2D eigenvalue weighted by molar-refractivity contribution is 8.93. The number of para-hydroxylation sites is 1. The van der Waals surface area contributed by atoms with E-state index in [9.17, 15) is 0 Å². The number of halogens is 1. The molecule has 6 heteroatoms. The molecule has 0 unspecified atom stereocenters. The van der Waals surface area contributed by atoms with Gasteiger partial charge in [0, 0.05) is 5.56 Å². The first-order valence-corrected chi connectivity index (χ1v) is 7.48. The number of hydrogen-bond donors (Lipinski definition) is 1. The van der Waals surface area contributed by atoms with Gasteiger partial charge in [0.1, 0.15) is 0 Å². The largest absolute Gasteiger partial charge is 0.394 e. The summed E-state index contributed by atoms with van der Waals surface area (Å²) in [5, 5.41) is 8.91. The molecule has 0 saturated heterocycles. The Bertz CT molecular complexity index is 709. The number of hydrogen-bond acceptors (Lipinski definition) is 4. The summed E-state index contributed by atoms with van der Waals surface area (Å²) in [5.74, 6) is 0.864. The van der Waals surface area contributed by atoms with Gasteiger partial charge in [-0.3, -0.25) is 4.99 Å². The van der Waals surface area contributed by atoms with Crippen LogP contribution in [0.5, 0.6) is 0 Å². The van der Waals surface area contributed by atoms with E-state index in [2.05, 4.69) is 13.9 Å². The van der Waals surface area contributed by atoms with Gasteiger partial charge >= 0.3 is 0 Å². The van der Waals surface area contributed by atoms with Gasteiger partial charge in [0.2, 0.25) is 4.80 Å². The van der Waals surface area contributed by atoms with Gasteiger partial charge in [0.05, 0.1) is 18.8 Å². The highest BCUT2D eigenvalue weighted by Crippen LogP contribution is 2.21. The van der Waals surface area contributed by atoms with Crippen LogP contribution in [0.25, 0.3) is 17.1 Å². The van der Waals surface area contributed by atoms with Gasteiger partial charge in [-0.05, 0) is 23.7 Å². The average Bonchev–Trinajstić information content (AvgIpc) is 2.99. The third kappa shape index (κ3) is 3.71. The SMILES string of the molecule is Br.OCCN=c1nc(-c2ccccc2)n(-c2ccccc2)s1. The van der Waals surface area contributed by atoms with Crippen molar-refractivity contribution >= 4 is 28.5 Å². The fourth-order valence-electron chi connectivity index (χ4n) is 2.00. The number of nitrogens with zero attached hydrogens (tertiary/aromatic N) is 3. The zero-order chi connectivity index (χ0) is 14.5. The molecule has 0 aliphatic rings. The molecule has 0 saturated carbocycles. The molecule has 2 aromatic carbocycles. The highest BCUT2D eigenvalue weighted by Gasteiger charge is 2.10. The summed E-state index contributed by atoms with van der Waals surface area (Å²) in [4.78, 5) is 9.56. The second-order valence-electron chi connectivity index (χ2n) is 4.41. The van der Waals surface area contributed by atoms with E-state index in [0.29, 0.717) is 11.3 Å². The summed E-state index contributed by atoms with van der Waals surface area (Å²) in [6.45, 7) is 0.405. The molecule has 1 aromatic heterocycles. The number of aliphatic hydroxyl groups is 1. The van der Waals surface area contributed by atoms with Crippen molar-refractivity contribution < 1.29 is 5.11 Å². The number of aliphatic hydroxyl groups excluding tert-OH is 1. The van der Waals surface area contributed by atoms with Crippen LogP contribution in [0.3, 0.4) is 0 Å². The number of benzene rings is 2. The Hall–Kier alpha value is -1.76. The van der Waals surface area contributed by atoms with Gasteiger partial charge < -0.3 is 5.11 Å². The number of rotatable bonds is 4. The summed E-state index contributed by atoms with van der Waals surface area (Å²) < 4.78 is 2.06. The van der Waals surface area contributed by atoms with Crippen LogP contribution in [0.15, 0.2) is 65.7 Å². The van der Waals surface area contributed by atoms with Crippen LogP contribution in [0.2, 0.25) is 0 Å². The Balaban J connectivity index is 0.00000176. The summed E-state index contributed by atoms with van der Waals surface area (Å²) >= 11 is 1.48. The van der Waals surface area contributed by atoms with E-state index in [1.165, 1.54) is 11.5 Å². The quantitative estimate of drug-likeness (QED) is 0.759. The van der Waals surface area contributed by atoms with Crippen molar-refractivity contribution in [2.45, 2.75) is 0 Å². The first kappa shape index (κ1) is 16.6. The van der Waals surface area contributed by atoms with Gasteiger partial charge in [-0.2, -0.15) is 4.98 Å². The molecule has 3 aromatic rings. The van der Waals surface area contributed by atoms with Crippen LogP contribution in [0.4, 0.5) is 0 Å². The lowest BCUT2D eigenvalue weighted by Crippen LogP contribution is -2.01. The molecule has 22 heavy (non-hydrogen) atoms. The molecule has 0 spiro atoms. The van der Waals surface area contributed by atoms with Crippen LogP contribution in [-0.4, -0.2) is 27.2 Å². The van der Waals surface area contributed by atoms with Crippen molar-refractivity contribution in [3.8, 4) is 17.1 Å². The number of aromatic nitrogens is 2. The Morgan fingerprint density at radius 3 is 2.27 bits per heavy atom. The normalized spacial score (nSPS) is 11.2. The van der Waals surface area contributed by atoms with Crippen molar-refractivity contribution in [2.24, 2.45) is 4.99 Å². The van der Waals surface area contributed by atoms with Crippen molar-refractivity contribution in [1.82, 2.24) is 8.94 Å². The molecule has 114 valence electrons. The van der Waals surface area contributed by atoms with Crippen molar-refractivity contribution in [1.29, 1.82) is 0 Å². The highest BCUT2D eigenvalue weighted by atomic mass is 79.9. The third-order valence-corrected chi connectivity index (χ3v) is 3.89. The van der Waals surface area contributed by atoms with Crippen LogP contribution < -0.4 is 4.80 Å². The summed E-state index contributed by atoms with van der Waals surface area (Å²) in [6, 6.07) is 20.1. The van der Waals surface area contributed by atoms with Crippen molar-refractivity contribution in [3.63, 3.8) is 0 Å². The molecule has 0 atom stereocenters. The van der Waals surface area contributed by atoms with Crippen molar-refractivity contribution in [2.75, 3.05) is 13.2 Å². The summed E-state index contributed by atoms with van der Waals surface area (Å²) in [5.41, 5.74) is 2.10. The fraction of sp³-hybridized carbons (Fsp3) is 0.125. The maximum Gasteiger partial charge on any atom is 0.223 e. The molecule has 4 nitrogen and oxygen atoms in total. The minimum atomic E-state index is 0. The first-order valence-electron chi connectivity index (χ1n) is 6.71. The smallest absolute Gasteiger partial charge is 0.223 e. The molecule has 0 bridgehead atoms. The van der Waals surface area contributed by atoms with Crippen LogP contribution in [-0.2, 0) is 0 Å². The molecule has 1 heterocycles. The predicted molar refractivity (Wildman–Crippen MR) is 94.7 cm³/mol. The molecular formula is C16H16BrN3OS. The topological polar surface area (TPSA) is 50.4 Å². The standard InChI is InChI=1S/C16H15N3OS.BrH/c20-12-11-17-16-18-15(13-7-3-1-4-8-13)19(21-16)14-9-5-2-6-10-14;/h1-10,20H,11-12H2;1H. The van der Waals surface area contributed by atoms with E-state index in [1.54, 1.807) is 0 Å². The Kier molecular flexibility index (Phi) is 6.06. The van der Waals surface area contributed by atoms with Gasteiger partial charge in [-0.25, -0.2) is 3.96 Å². The van der Waals surface area contributed by atoms with Crippen LogP contribution in [0, 0.1) is 0 Å². The second kappa shape index (κ2) is 8.03. The van der Waals surface area contributed by atoms with Gasteiger partial charge in [-0.15, -0.1) is 17.0 Å². The molecule has 0 aliphatic heterocycles. The minimum absolute atomic E-state index is 0. The van der Waals surface area contributed by atoms with Gasteiger partial charge in [0.15, 0.2) is 5.82 Å². The van der Waals surface area contributed by atoms with E-state index in [4.69, 9.17) is 5.11 Å². The molecule has 0 radical (unpaired) electrons. The van der Waals surface area contributed by atoms with E-state index in [0.717, 1.165) is 17.1 Å². The zero-order valence-corrected chi connectivity index (χ0v) is 14.3. The lowest BCUT2D eigenvalue weighted by atomic mass is 10.2. The maximum atomic E-state index is 8.91. The average molecular weight is 378 g/mol. The van der Waals surface area contributed by atoms with Crippen molar-refractivity contribution in [3.05, 3.63) is 65.5 Å². The molecular weight excluding hydrogens is 362 g/mol.